The first-order chi connectivity index (χ1) is 26.8. The van der Waals surface area contributed by atoms with Crippen molar-refractivity contribution in [3.8, 4) is 61.3 Å². The van der Waals surface area contributed by atoms with Gasteiger partial charge in [0.05, 0.1) is 11.0 Å². The lowest BCUT2D eigenvalue weighted by molar-refractivity contribution is 0.660. The van der Waals surface area contributed by atoms with Crippen molar-refractivity contribution in [3.63, 3.8) is 0 Å². The molecular formula is C54H41N. The minimum absolute atomic E-state index is 0.0353. The Morgan fingerprint density at radius 3 is 1.49 bits per heavy atom. The molecule has 0 spiro atoms. The second-order valence-electron chi connectivity index (χ2n) is 16.5. The Hall–Kier alpha value is -6.44. The fraction of sp³-hybridized carbons (Fsp3) is 0.111. The topological polar surface area (TPSA) is 4.93 Å². The summed E-state index contributed by atoms with van der Waals surface area (Å²) in [7, 11) is 0. The molecule has 2 aliphatic carbocycles. The van der Waals surface area contributed by atoms with E-state index in [1.54, 1.807) is 0 Å². The SMILES string of the molecule is CC1(C)c2ccccc2-c2cc(-c3cc(-c4ccc5c(c4)-c4ccccc4C5(C)C)c4c5ccccc5n(-c5ccc(-c6ccccc6)cc5)c4c3)ccc21. The Bertz CT molecular complexity index is 3010. The zero-order chi connectivity index (χ0) is 37.1. The number of benzene rings is 8. The van der Waals surface area contributed by atoms with Gasteiger partial charge in [-0.15, -0.1) is 0 Å². The molecule has 1 heteroatoms. The summed E-state index contributed by atoms with van der Waals surface area (Å²) in [6.45, 7) is 9.44. The Kier molecular flexibility index (Phi) is 6.72. The summed E-state index contributed by atoms with van der Waals surface area (Å²) in [5, 5.41) is 2.54. The van der Waals surface area contributed by atoms with Crippen LogP contribution in [0.15, 0.2) is 176 Å². The van der Waals surface area contributed by atoms with Gasteiger partial charge in [0.25, 0.3) is 0 Å². The van der Waals surface area contributed by atoms with E-state index in [-0.39, 0.29) is 10.8 Å². The van der Waals surface area contributed by atoms with Gasteiger partial charge in [0.15, 0.2) is 0 Å². The molecule has 11 rings (SSSR count). The van der Waals surface area contributed by atoms with Crippen molar-refractivity contribution in [2.75, 3.05) is 0 Å². The van der Waals surface area contributed by atoms with Gasteiger partial charge in [-0.3, -0.25) is 0 Å². The van der Waals surface area contributed by atoms with Crippen molar-refractivity contribution in [3.05, 3.63) is 198 Å². The van der Waals surface area contributed by atoms with E-state index in [9.17, 15) is 0 Å². The van der Waals surface area contributed by atoms with E-state index in [1.165, 1.54) is 99.7 Å². The van der Waals surface area contributed by atoms with Gasteiger partial charge in [-0.05, 0) is 120 Å². The zero-order valence-corrected chi connectivity index (χ0v) is 31.7. The van der Waals surface area contributed by atoms with E-state index in [4.69, 9.17) is 0 Å². The Morgan fingerprint density at radius 2 is 0.818 bits per heavy atom. The van der Waals surface area contributed by atoms with Crippen LogP contribution < -0.4 is 0 Å². The summed E-state index contributed by atoms with van der Waals surface area (Å²) >= 11 is 0. The lowest BCUT2D eigenvalue weighted by atomic mass is 9.82. The predicted molar refractivity (Wildman–Crippen MR) is 232 cm³/mol. The summed E-state index contributed by atoms with van der Waals surface area (Å²) in [4.78, 5) is 0. The predicted octanol–water partition coefficient (Wildman–Crippen LogP) is 14.4. The fourth-order valence-corrected chi connectivity index (χ4v) is 9.99. The van der Waals surface area contributed by atoms with Crippen LogP contribution in [-0.4, -0.2) is 4.57 Å². The number of hydrogen-bond donors (Lipinski definition) is 0. The van der Waals surface area contributed by atoms with Crippen LogP contribution in [0.1, 0.15) is 49.9 Å². The quantitative estimate of drug-likeness (QED) is 0.172. The van der Waals surface area contributed by atoms with Gasteiger partial charge >= 0.3 is 0 Å². The molecular weight excluding hydrogens is 663 g/mol. The summed E-state index contributed by atoms with van der Waals surface area (Å²) in [5.41, 5.74) is 21.9. The highest BCUT2D eigenvalue weighted by Crippen LogP contribution is 2.52. The number of nitrogens with zero attached hydrogens (tertiary/aromatic N) is 1. The summed E-state index contributed by atoms with van der Waals surface area (Å²) in [5.74, 6) is 0. The number of fused-ring (bicyclic) bond motifs is 9. The first kappa shape index (κ1) is 32.0. The third kappa shape index (κ3) is 4.60. The fourth-order valence-electron chi connectivity index (χ4n) is 9.99. The molecule has 0 saturated carbocycles. The molecule has 1 aromatic heterocycles. The first-order valence-corrected chi connectivity index (χ1v) is 19.5. The van der Waals surface area contributed by atoms with Crippen molar-refractivity contribution >= 4 is 21.8 Å². The minimum atomic E-state index is -0.0436. The third-order valence-corrected chi connectivity index (χ3v) is 12.8. The maximum Gasteiger partial charge on any atom is 0.0553 e. The molecule has 1 heterocycles. The molecule has 2 aliphatic rings. The molecule has 0 saturated heterocycles. The number of aromatic nitrogens is 1. The average Bonchev–Trinajstić information content (AvgIpc) is 3.77. The molecule has 9 aromatic rings. The van der Waals surface area contributed by atoms with E-state index < -0.39 is 0 Å². The van der Waals surface area contributed by atoms with Crippen molar-refractivity contribution in [2.24, 2.45) is 0 Å². The monoisotopic (exact) mass is 703 g/mol. The highest BCUT2D eigenvalue weighted by Gasteiger charge is 2.36. The van der Waals surface area contributed by atoms with Crippen LogP contribution >= 0.6 is 0 Å². The first-order valence-electron chi connectivity index (χ1n) is 19.5. The second-order valence-corrected chi connectivity index (χ2v) is 16.5. The normalized spacial score (nSPS) is 14.5. The van der Waals surface area contributed by atoms with E-state index in [0.717, 1.165) is 5.69 Å². The Balaban J connectivity index is 1.19. The molecule has 1 nitrogen and oxygen atoms in total. The van der Waals surface area contributed by atoms with Gasteiger partial charge in [-0.1, -0.05) is 161 Å². The van der Waals surface area contributed by atoms with Crippen molar-refractivity contribution in [2.45, 2.75) is 38.5 Å². The Morgan fingerprint density at radius 1 is 0.327 bits per heavy atom. The lowest BCUT2D eigenvalue weighted by Gasteiger charge is -2.22. The molecule has 0 bridgehead atoms. The van der Waals surface area contributed by atoms with Gasteiger partial charge in [0.1, 0.15) is 0 Å². The maximum absolute atomic E-state index is 2.48. The molecule has 0 unspecified atom stereocenters. The third-order valence-electron chi connectivity index (χ3n) is 12.8. The van der Waals surface area contributed by atoms with E-state index >= 15 is 0 Å². The van der Waals surface area contributed by atoms with Crippen molar-refractivity contribution < 1.29 is 0 Å². The number of rotatable bonds is 4. The summed E-state index contributed by atoms with van der Waals surface area (Å²) in [6, 6.07) is 65.8. The number of para-hydroxylation sites is 1. The zero-order valence-electron chi connectivity index (χ0n) is 31.7. The molecule has 0 fully saturated rings. The summed E-state index contributed by atoms with van der Waals surface area (Å²) < 4.78 is 2.48. The van der Waals surface area contributed by atoms with Crippen molar-refractivity contribution in [1.82, 2.24) is 4.57 Å². The molecule has 0 amide bonds. The van der Waals surface area contributed by atoms with Gasteiger partial charge in [-0.2, -0.15) is 0 Å². The van der Waals surface area contributed by atoms with Crippen LogP contribution in [0.5, 0.6) is 0 Å². The highest BCUT2D eigenvalue weighted by atomic mass is 15.0. The average molecular weight is 704 g/mol. The number of hydrogen-bond acceptors (Lipinski definition) is 0. The molecule has 55 heavy (non-hydrogen) atoms. The smallest absolute Gasteiger partial charge is 0.0553 e. The highest BCUT2D eigenvalue weighted by molar-refractivity contribution is 6.17. The van der Waals surface area contributed by atoms with Crippen molar-refractivity contribution in [1.29, 1.82) is 0 Å². The maximum atomic E-state index is 2.48. The van der Waals surface area contributed by atoms with E-state index in [2.05, 4.69) is 208 Å². The van der Waals surface area contributed by atoms with Gasteiger partial charge in [-0.25, -0.2) is 0 Å². The van der Waals surface area contributed by atoms with E-state index in [0.29, 0.717) is 0 Å². The largest absolute Gasteiger partial charge is 0.309 e. The van der Waals surface area contributed by atoms with Gasteiger partial charge in [0, 0.05) is 27.3 Å². The van der Waals surface area contributed by atoms with Crippen LogP contribution in [0.4, 0.5) is 0 Å². The molecule has 262 valence electrons. The van der Waals surface area contributed by atoms with Gasteiger partial charge < -0.3 is 4.57 Å². The van der Waals surface area contributed by atoms with Crippen LogP contribution in [-0.2, 0) is 10.8 Å². The van der Waals surface area contributed by atoms with E-state index in [1.807, 2.05) is 0 Å². The lowest BCUT2D eigenvalue weighted by Crippen LogP contribution is -2.14. The van der Waals surface area contributed by atoms with Crippen LogP contribution in [0.2, 0.25) is 0 Å². The van der Waals surface area contributed by atoms with Gasteiger partial charge in [0.2, 0.25) is 0 Å². The van der Waals surface area contributed by atoms with Crippen LogP contribution in [0.3, 0.4) is 0 Å². The molecule has 0 aliphatic heterocycles. The minimum Gasteiger partial charge on any atom is -0.309 e. The standard InChI is InChI=1S/C54H41N/c1-53(2)46-19-11-8-16-40(46)44-30-36(24-28-48(44)53)38-32-43(37-25-29-49-45(31-37)41-17-9-12-20-47(41)54(49,3)4)52-42-18-10-13-21-50(42)55(51(52)33-38)39-26-22-35(23-27-39)34-14-6-5-7-15-34/h5-33H,1-4H3. The molecule has 8 aromatic carbocycles. The summed E-state index contributed by atoms with van der Waals surface area (Å²) in [6.07, 6.45) is 0. The van der Waals surface area contributed by atoms with Crippen LogP contribution in [0, 0.1) is 0 Å². The molecule has 0 atom stereocenters. The molecule has 0 radical (unpaired) electrons. The molecule has 0 N–H and O–H groups in total. The Labute approximate surface area is 323 Å². The van der Waals surface area contributed by atoms with Crippen LogP contribution in [0.25, 0.3) is 83.1 Å². The second kappa shape index (κ2) is 11.5.